The lowest BCUT2D eigenvalue weighted by atomic mass is 10.1. The average molecular weight is 348 g/mol. The third kappa shape index (κ3) is 4.03. The standard InChI is InChI=1S/C18H32N6O/c1-5-21-9-11-22(12-10-21)18(25)14(2)23-8-6-7-17(23)13-24-16(4)19-15(3)20-24/h14,17H,5-13H2,1-4H3/t14-,17-/m1/s1. The van der Waals surface area contributed by atoms with Crippen LogP contribution in [-0.4, -0.2) is 86.7 Å². The van der Waals surface area contributed by atoms with Crippen molar-refractivity contribution < 1.29 is 4.79 Å². The molecule has 7 heteroatoms. The molecule has 0 N–H and O–H groups in total. The van der Waals surface area contributed by atoms with E-state index in [9.17, 15) is 4.79 Å². The third-order valence-corrected chi connectivity index (χ3v) is 5.75. The van der Waals surface area contributed by atoms with E-state index in [1.165, 1.54) is 0 Å². The molecule has 3 rings (SSSR count). The van der Waals surface area contributed by atoms with Crippen molar-refractivity contribution in [1.82, 2.24) is 29.5 Å². The molecule has 0 aromatic carbocycles. The van der Waals surface area contributed by atoms with Crippen LogP contribution in [0.25, 0.3) is 0 Å². The van der Waals surface area contributed by atoms with Gasteiger partial charge in [0.25, 0.3) is 0 Å². The Labute approximate surface area is 151 Å². The summed E-state index contributed by atoms with van der Waals surface area (Å²) in [6, 6.07) is 0.321. The van der Waals surface area contributed by atoms with Gasteiger partial charge >= 0.3 is 0 Å². The molecule has 7 nitrogen and oxygen atoms in total. The molecule has 0 radical (unpaired) electrons. The van der Waals surface area contributed by atoms with Gasteiger partial charge < -0.3 is 9.80 Å². The van der Waals surface area contributed by atoms with E-state index in [1.54, 1.807) is 0 Å². The molecular formula is C18H32N6O. The van der Waals surface area contributed by atoms with E-state index in [0.29, 0.717) is 6.04 Å². The predicted octanol–water partition coefficient (Wildman–Crippen LogP) is 0.912. The summed E-state index contributed by atoms with van der Waals surface area (Å²) in [5.41, 5.74) is 0. The maximum atomic E-state index is 13.0. The molecule has 140 valence electrons. The number of piperazine rings is 1. The summed E-state index contributed by atoms with van der Waals surface area (Å²) in [5.74, 6) is 2.06. The van der Waals surface area contributed by atoms with Crippen molar-refractivity contribution in [2.45, 2.75) is 59.2 Å². The highest BCUT2D eigenvalue weighted by atomic mass is 16.2. The number of hydrogen-bond donors (Lipinski definition) is 0. The van der Waals surface area contributed by atoms with E-state index in [1.807, 2.05) is 18.5 Å². The molecule has 2 atom stereocenters. The molecule has 0 spiro atoms. The summed E-state index contributed by atoms with van der Waals surface area (Å²) >= 11 is 0. The van der Waals surface area contributed by atoms with Crippen molar-refractivity contribution in [3.05, 3.63) is 11.6 Å². The Morgan fingerprint density at radius 3 is 2.52 bits per heavy atom. The second-order valence-corrected chi connectivity index (χ2v) is 7.36. The van der Waals surface area contributed by atoms with E-state index < -0.39 is 0 Å². The lowest BCUT2D eigenvalue weighted by Gasteiger charge is -2.38. The topological polar surface area (TPSA) is 57.5 Å². The quantitative estimate of drug-likeness (QED) is 0.792. The Morgan fingerprint density at radius 2 is 1.92 bits per heavy atom. The first-order chi connectivity index (χ1) is 12.0. The zero-order valence-corrected chi connectivity index (χ0v) is 16.1. The summed E-state index contributed by atoms with van der Waals surface area (Å²) in [5, 5.41) is 4.50. The van der Waals surface area contributed by atoms with Crippen molar-refractivity contribution in [2.75, 3.05) is 39.3 Å². The summed E-state index contributed by atoms with van der Waals surface area (Å²) in [4.78, 5) is 24.2. The van der Waals surface area contributed by atoms with Crippen LogP contribution in [0.2, 0.25) is 0 Å². The van der Waals surface area contributed by atoms with Gasteiger partial charge in [-0.2, -0.15) is 5.10 Å². The van der Waals surface area contributed by atoms with Gasteiger partial charge in [0.05, 0.1) is 12.6 Å². The maximum Gasteiger partial charge on any atom is 0.239 e. The van der Waals surface area contributed by atoms with Crippen LogP contribution in [0, 0.1) is 13.8 Å². The van der Waals surface area contributed by atoms with Gasteiger partial charge in [0, 0.05) is 32.2 Å². The lowest BCUT2D eigenvalue weighted by Crippen LogP contribution is -2.55. The van der Waals surface area contributed by atoms with Crippen molar-refractivity contribution in [3.8, 4) is 0 Å². The first kappa shape index (κ1) is 18.3. The molecule has 1 amide bonds. The summed E-state index contributed by atoms with van der Waals surface area (Å²) in [7, 11) is 0. The van der Waals surface area contributed by atoms with Crippen LogP contribution in [0.5, 0.6) is 0 Å². The van der Waals surface area contributed by atoms with Crippen LogP contribution < -0.4 is 0 Å². The molecule has 2 aliphatic heterocycles. The molecule has 1 aromatic heterocycles. The number of aromatic nitrogens is 3. The Hall–Kier alpha value is -1.47. The molecule has 3 heterocycles. The van der Waals surface area contributed by atoms with Gasteiger partial charge in [0.1, 0.15) is 11.6 Å². The molecule has 2 fully saturated rings. The largest absolute Gasteiger partial charge is 0.339 e. The molecule has 0 unspecified atom stereocenters. The van der Waals surface area contributed by atoms with Gasteiger partial charge in [0.2, 0.25) is 5.91 Å². The minimum Gasteiger partial charge on any atom is -0.339 e. The second-order valence-electron chi connectivity index (χ2n) is 7.36. The molecule has 1 aromatic rings. The number of amides is 1. The van der Waals surface area contributed by atoms with E-state index in [0.717, 1.165) is 70.3 Å². The molecule has 25 heavy (non-hydrogen) atoms. The fourth-order valence-corrected chi connectivity index (χ4v) is 4.19. The van der Waals surface area contributed by atoms with E-state index in [4.69, 9.17) is 0 Å². The van der Waals surface area contributed by atoms with Gasteiger partial charge in [-0.1, -0.05) is 6.92 Å². The van der Waals surface area contributed by atoms with Crippen molar-refractivity contribution in [2.24, 2.45) is 0 Å². The van der Waals surface area contributed by atoms with Gasteiger partial charge in [-0.25, -0.2) is 9.67 Å². The fourth-order valence-electron chi connectivity index (χ4n) is 4.19. The van der Waals surface area contributed by atoms with Crippen LogP contribution in [0.3, 0.4) is 0 Å². The number of nitrogens with zero attached hydrogens (tertiary/aromatic N) is 6. The lowest BCUT2D eigenvalue weighted by molar-refractivity contribution is -0.138. The van der Waals surface area contributed by atoms with E-state index in [2.05, 4.69) is 38.6 Å². The van der Waals surface area contributed by atoms with Crippen molar-refractivity contribution in [1.29, 1.82) is 0 Å². The van der Waals surface area contributed by atoms with Crippen LogP contribution in [0.4, 0.5) is 0 Å². The van der Waals surface area contributed by atoms with Crippen LogP contribution in [0.15, 0.2) is 0 Å². The normalized spacial score (nSPS) is 24.0. The zero-order valence-electron chi connectivity index (χ0n) is 16.1. The van der Waals surface area contributed by atoms with Crippen molar-refractivity contribution >= 4 is 5.91 Å². The SMILES string of the molecule is CCN1CCN(C(=O)[C@@H](C)N2CCC[C@@H]2Cn2nc(C)nc2C)CC1. The first-order valence-electron chi connectivity index (χ1n) is 9.64. The number of carbonyl (C=O) groups excluding carboxylic acids is 1. The molecule has 2 saturated heterocycles. The van der Waals surface area contributed by atoms with Gasteiger partial charge in [-0.05, 0) is 46.7 Å². The number of likely N-dealkylation sites (N-methyl/N-ethyl adjacent to an activating group) is 1. The van der Waals surface area contributed by atoms with Gasteiger partial charge in [-0.15, -0.1) is 0 Å². The summed E-state index contributed by atoms with van der Waals surface area (Å²) in [6.45, 7) is 14.8. The molecule has 0 aliphatic carbocycles. The molecule has 2 aliphatic rings. The third-order valence-electron chi connectivity index (χ3n) is 5.75. The molecular weight excluding hydrogens is 316 g/mol. The Bertz CT molecular complexity index is 592. The monoisotopic (exact) mass is 348 g/mol. The number of likely N-dealkylation sites (tertiary alicyclic amines) is 1. The number of rotatable bonds is 5. The first-order valence-corrected chi connectivity index (χ1v) is 9.64. The maximum absolute atomic E-state index is 13.0. The second kappa shape index (κ2) is 7.83. The van der Waals surface area contributed by atoms with Crippen molar-refractivity contribution in [3.63, 3.8) is 0 Å². The highest BCUT2D eigenvalue weighted by Gasteiger charge is 2.35. The highest BCUT2D eigenvalue weighted by molar-refractivity contribution is 5.81. The van der Waals surface area contributed by atoms with E-state index in [-0.39, 0.29) is 11.9 Å². The van der Waals surface area contributed by atoms with Gasteiger partial charge in [0.15, 0.2) is 0 Å². The Morgan fingerprint density at radius 1 is 1.20 bits per heavy atom. The van der Waals surface area contributed by atoms with Crippen LogP contribution >= 0.6 is 0 Å². The zero-order chi connectivity index (χ0) is 18.0. The van der Waals surface area contributed by atoms with Gasteiger partial charge in [-0.3, -0.25) is 9.69 Å². The minimum atomic E-state index is -0.0504. The highest BCUT2D eigenvalue weighted by Crippen LogP contribution is 2.23. The fraction of sp³-hybridized carbons (Fsp3) is 0.833. The number of hydrogen-bond acceptors (Lipinski definition) is 5. The Kier molecular flexibility index (Phi) is 5.74. The number of carbonyl (C=O) groups is 1. The minimum absolute atomic E-state index is 0.0504. The molecule has 0 saturated carbocycles. The summed E-state index contributed by atoms with van der Waals surface area (Å²) in [6.07, 6.45) is 2.28. The van der Waals surface area contributed by atoms with Crippen LogP contribution in [0.1, 0.15) is 38.3 Å². The average Bonchev–Trinajstić information content (AvgIpc) is 3.20. The smallest absolute Gasteiger partial charge is 0.239 e. The number of aryl methyl sites for hydroxylation is 2. The summed E-state index contributed by atoms with van der Waals surface area (Å²) < 4.78 is 2.00. The predicted molar refractivity (Wildman–Crippen MR) is 97.4 cm³/mol. The van der Waals surface area contributed by atoms with Crippen LogP contribution in [-0.2, 0) is 11.3 Å². The van der Waals surface area contributed by atoms with E-state index >= 15 is 0 Å². The molecule has 0 bridgehead atoms. The Balaban J connectivity index is 1.61.